The second-order valence-electron chi connectivity index (χ2n) is 8.00. The molecule has 3 rings (SSSR count). The van der Waals surface area contributed by atoms with E-state index in [9.17, 15) is 14.4 Å². The number of nitrogens with zero attached hydrogens (tertiary/aromatic N) is 3. The lowest BCUT2D eigenvalue weighted by Gasteiger charge is -2.09. The van der Waals surface area contributed by atoms with E-state index in [1.807, 2.05) is 26.0 Å². The Morgan fingerprint density at radius 2 is 1.94 bits per heavy atom. The molecule has 0 saturated carbocycles. The van der Waals surface area contributed by atoms with Gasteiger partial charge in [0.15, 0.2) is 12.4 Å². The number of nitrogens with one attached hydrogen (secondary N) is 1. The van der Waals surface area contributed by atoms with Crippen molar-refractivity contribution in [3.05, 3.63) is 62.7 Å². The van der Waals surface area contributed by atoms with Gasteiger partial charge in [-0.15, -0.1) is 11.3 Å². The van der Waals surface area contributed by atoms with Crippen LogP contribution >= 0.6 is 22.9 Å². The Morgan fingerprint density at radius 1 is 1.20 bits per heavy atom. The molecule has 0 spiro atoms. The summed E-state index contributed by atoms with van der Waals surface area (Å²) in [6.07, 6.45) is 2.24. The van der Waals surface area contributed by atoms with Gasteiger partial charge in [0.05, 0.1) is 22.1 Å². The first kappa shape index (κ1) is 26.2. The lowest BCUT2D eigenvalue weighted by Crippen LogP contribution is -2.21. The van der Waals surface area contributed by atoms with Gasteiger partial charge in [0.25, 0.3) is 11.8 Å². The maximum atomic E-state index is 12.9. The highest BCUT2D eigenvalue weighted by atomic mass is 35.5. The smallest absolute Gasteiger partial charge is 0.341 e. The lowest BCUT2D eigenvalue weighted by atomic mass is 10.1. The third kappa shape index (κ3) is 6.20. The van der Waals surface area contributed by atoms with Crippen LogP contribution < -0.4 is 10.1 Å². The molecule has 11 heteroatoms. The van der Waals surface area contributed by atoms with Gasteiger partial charge in [0.2, 0.25) is 0 Å². The SMILES string of the molecule is CCCOC(=O)c1c(NC(=O)c2ccn(COc3cc(C)ccc3Cl)n2)sc(C(=O)N(C)C)c1C. The van der Waals surface area contributed by atoms with Crippen molar-refractivity contribution in [3.8, 4) is 5.75 Å². The summed E-state index contributed by atoms with van der Waals surface area (Å²) in [4.78, 5) is 40.0. The van der Waals surface area contributed by atoms with E-state index >= 15 is 0 Å². The molecule has 0 fully saturated rings. The van der Waals surface area contributed by atoms with Gasteiger partial charge >= 0.3 is 5.97 Å². The number of aromatic nitrogens is 2. The molecule has 35 heavy (non-hydrogen) atoms. The van der Waals surface area contributed by atoms with Crippen molar-refractivity contribution in [3.63, 3.8) is 0 Å². The standard InChI is InChI=1S/C24H27ClN4O5S/c1-6-11-33-24(32)19-15(3)20(23(31)28(4)5)35-22(19)26-21(30)17-9-10-29(27-17)13-34-18-12-14(2)7-8-16(18)25/h7-10,12H,6,11,13H2,1-5H3,(H,26,30). The normalized spacial score (nSPS) is 10.7. The third-order valence-electron chi connectivity index (χ3n) is 4.93. The monoisotopic (exact) mass is 518 g/mol. The predicted octanol–water partition coefficient (Wildman–Crippen LogP) is 4.77. The van der Waals surface area contributed by atoms with Crippen molar-refractivity contribution in [2.24, 2.45) is 0 Å². The van der Waals surface area contributed by atoms with Crippen LogP contribution in [-0.4, -0.2) is 53.2 Å². The Morgan fingerprint density at radius 3 is 2.63 bits per heavy atom. The largest absolute Gasteiger partial charge is 0.470 e. The van der Waals surface area contributed by atoms with Crippen molar-refractivity contribution >= 4 is 45.7 Å². The van der Waals surface area contributed by atoms with E-state index in [0.717, 1.165) is 16.9 Å². The molecule has 2 aromatic heterocycles. The zero-order chi connectivity index (χ0) is 25.7. The Balaban J connectivity index is 1.79. The number of aryl methyl sites for hydroxylation is 1. The second kappa shape index (κ2) is 11.4. The van der Waals surface area contributed by atoms with E-state index in [2.05, 4.69) is 10.4 Å². The molecule has 0 atom stereocenters. The molecule has 0 aliphatic rings. The van der Waals surface area contributed by atoms with Crippen LogP contribution in [0.5, 0.6) is 5.75 Å². The first-order chi connectivity index (χ1) is 16.6. The molecule has 0 aliphatic heterocycles. The van der Waals surface area contributed by atoms with Crippen molar-refractivity contribution in [1.82, 2.24) is 14.7 Å². The number of ether oxygens (including phenoxy) is 2. The number of rotatable bonds is 9. The number of hydrogen-bond acceptors (Lipinski definition) is 7. The topological polar surface area (TPSA) is 103 Å². The van der Waals surface area contributed by atoms with Crippen LogP contribution in [0.1, 0.15) is 55.0 Å². The van der Waals surface area contributed by atoms with E-state index in [0.29, 0.717) is 27.6 Å². The molecule has 1 aromatic carbocycles. The minimum Gasteiger partial charge on any atom is -0.470 e. The van der Waals surface area contributed by atoms with Gasteiger partial charge in [-0.25, -0.2) is 9.48 Å². The minimum atomic E-state index is -0.595. The number of esters is 1. The van der Waals surface area contributed by atoms with Crippen LogP contribution in [0, 0.1) is 13.8 Å². The van der Waals surface area contributed by atoms with Crippen LogP contribution in [-0.2, 0) is 11.5 Å². The fraction of sp³-hybridized carbons (Fsp3) is 0.333. The Kier molecular flexibility index (Phi) is 8.52. The number of hydrogen-bond donors (Lipinski definition) is 1. The van der Waals surface area contributed by atoms with Crippen molar-refractivity contribution in [1.29, 1.82) is 0 Å². The molecule has 0 aliphatic carbocycles. The summed E-state index contributed by atoms with van der Waals surface area (Å²) in [5, 5.41) is 7.66. The zero-order valence-electron chi connectivity index (χ0n) is 20.2. The van der Waals surface area contributed by atoms with Crippen LogP contribution in [0.3, 0.4) is 0 Å². The molecular weight excluding hydrogens is 492 g/mol. The molecule has 0 radical (unpaired) electrons. The summed E-state index contributed by atoms with van der Waals surface area (Å²) >= 11 is 7.18. The summed E-state index contributed by atoms with van der Waals surface area (Å²) in [5.41, 5.74) is 1.73. The fourth-order valence-electron chi connectivity index (χ4n) is 3.10. The Hall–Kier alpha value is -3.37. The minimum absolute atomic E-state index is 0.0463. The van der Waals surface area contributed by atoms with Gasteiger partial charge < -0.3 is 19.7 Å². The van der Waals surface area contributed by atoms with E-state index in [-0.39, 0.29) is 35.5 Å². The summed E-state index contributed by atoms with van der Waals surface area (Å²) in [5.74, 6) is -0.890. The number of thiophene rings is 1. The summed E-state index contributed by atoms with van der Waals surface area (Å²) in [7, 11) is 3.24. The van der Waals surface area contributed by atoms with Crippen molar-refractivity contribution < 1.29 is 23.9 Å². The highest BCUT2D eigenvalue weighted by Gasteiger charge is 2.28. The molecule has 186 valence electrons. The fourth-order valence-corrected chi connectivity index (χ4v) is 4.48. The number of amides is 2. The molecular formula is C24H27ClN4O5S. The quantitative estimate of drug-likeness (QED) is 0.409. The first-order valence-corrected chi connectivity index (χ1v) is 12.1. The average molecular weight is 519 g/mol. The first-order valence-electron chi connectivity index (χ1n) is 10.9. The van der Waals surface area contributed by atoms with Crippen LogP contribution in [0.25, 0.3) is 0 Å². The summed E-state index contributed by atoms with van der Waals surface area (Å²) < 4.78 is 12.4. The Labute approximate surface area is 212 Å². The number of benzene rings is 1. The molecule has 0 bridgehead atoms. The van der Waals surface area contributed by atoms with E-state index in [1.54, 1.807) is 33.3 Å². The molecule has 0 unspecified atom stereocenters. The number of halogens is 1. The molecule has 9 nitrogen and oxygen atoms in total. The number of carbonyl (C=O) groups excluding carboxylic acids is 3. The maximum Gasteiger partial charge on any atom is 0.341 e. The van der Waals surface area contributed by atoms with Crippen molar-refractivity contribution in [2.45, 2.75) is 33.9 Å². The van der Waals surface area contributed by atoms with Gasteiger partial charge in [0.1, 0.15) is 10.8 Å². The van der Waals surface area contributed by atoms with Gasteiger partial charge in [-0.2, -0.15) is 5.10 Å². The summed E-state index contributed by atoms with van der Waals surface area (Å²) in [6.45, 7) is 5.74. The lowest BCUT2D eigenvalue weighted by molar-refractivity contribution is 0.0506. The van der Waals surface area contributed by atoms with Crippen molar-refractivity contribution in [2.75, 3.05) is 26.0 Å². The van der Waals surface area contributed by atoms with Gasteiger partial charge in [-0.1, -0.05) is 24.6 Å². The average Bonchev–Trinajstić information content (AvgIpc) is 3.42. The maximum absolute atomic E-state index is 12.9. The highest BCUT2D eigenvalue weighted by Crippen LogP contribution is 2.34. The van der Waals surface area contributed by atoms with Gasteiger partial charge in [0, 0.05) is 20.3 Å². The summed E-state index contributed by atoms with van der Waals surface area (Å²) in [6, 6.07) is 6.96. The van der Waals surface area contributed by atoms with E-state index in [1.165, 1.54) is 15.6 Å². The van der Waals surface area contributed by atoms with Crippen LogP contribution in [0.2, 0.25) is 5.02 Å². The molecule has 3 aromatic rings. The third-order valence-corrected chi connectivity index (χ3v) is 6.44. The Bertz CT molecular complexity index is 1250. The van der Waals surface area contributed by atoms with Crippen LogP contribution in [0.15, 0.2) is 30.5 Å². The predicted molar refractivity (Wildman–Crippen MR) is 135 cm³/mol. The molecule has 0 saturated heterocycles. The zero-order valence-corrected chi connectivity index (χ0v) is 21.7. The number of carbonyl (C=O) groups is 3. The second-order valence-corrected chi connectivity index (χ2v) is 9.43. The molecule has 1 N–H and O–H groups in total. The van der Waals surface area contributed by atoms with E-state index < -0.39 is 11.9 Å². The van der Waals surface area contributed by atoms with Gasteiger partial charge in [-0.3, -0.25) is 9.59 Å². The number of anilines is 1. The van der Waals surface area contributed by atoms with Gasteiger partial charge in [-0.05, 0) is 49.6 Å². The van der Waals surface area contributed by atoms with Crippen LogP contribution in [0.4, 0.5) is 5.00 Å². The van der Waals surface area contributed by atoms with E-state index in [4.69, 9.17) is 21.1 Å². The highest BCUT2D eigenvalue weighted by molar-refractivity contribution is 7.18. The molecule has 2 heterocycles. The molecule has 2 amide bonds.